The maximum atomic E-state index is 11.0. The summed E-state index contributed by atoms with van der Waals surface area (Å²) < 4.78 is 0.405. The van der Waals surface area contributed by atoms with E-state index in [1.807, 2.05) is 0 Å². The number of halogens is 1. The van der Waals surface area contributed by atoms with E-state index in [-0.39, 0.29) is 5.78 Å². The topological polar surface area (TPSA) is 84.2 Å². The molecular weight excluding hydrogens is 226 g/mol. The Morgan fingerprint density at radius 2 is 2.33 bits per heavy atom. The molecule has 1 heterocycles. The molecule has 4 N–H and O–H groups in total. The first-order valence-corrected chi connectivity index (χ1v) is 4.01. The summed E-state index contributed by atoms with van der Waals surface area (Å²) in [6, 6.07) is -0.490. The summed E-state index contributed by atoms with van der Waals surface area (Å²) in [4.78, 5) is 21.8. The Balaban J connectivity index is 3.03. The van der Waals surface area contributed by atoms with Crippen molar-refractivity contribution >= 4 is 27.7 Å². The summed E-state index contributed by atoms with van der Waals surface area (Å²) in [7, 11) is 0. The molecule has 2 amide bonds. The van der Waals surface area contributed by atoms with Gasteiger partial charge in [-0.05, 0) is 22.9 Å². The third kappa shape index (κ3) is 1.35. The smallest absolute Gasteiger partial charge is 0.314 e. The molecule has 0 aromatic heterocycles. The van der Waals surface area contributed by atoms with Crippen LogP contribution >= 0.6 is 15.9 Å². The average molecular weight is 234 g/mol. The van der Waals surface area contributed by atoms with Gasteiger partial charge in [0.1, 0.15) is 0 Å². The number of nitrogens with two attached hydrogens (primary N) is 1. The Morgan fingerprint density at radius 3 is 2.75 bits per heavy atom. The SMILES string of the molecule is CC(=O)C1(N)NC(=O)NC=C1Br. The van der Waals surface area contributed by atoms with Crippen molar-refractivity contribution in [1.82, 2.24) is 10.6 Å². The van der Waals surface area contributed by atoms with E-state index in [1.165, 1.54) is 13.1 Å². The van der Waals surface area contributed by atoms with Gasteiger partial charge in [0, 0.05) is 6.20 Å². The standard InChI is InChI=1S/C6H8BrN3O2/c1-3(11)6(8)4(7)2-9-5(12)10-6/h2H,8H2,1H3,(H2,9,10,12). The quantitative estimate of drug-likeness (QED) is 0.586. The van der Waals surface area contributed by atoms with Crippen molar-refractivity contribution in [2.24, 2.45) is 5.73 Å². The van der Waals surface area contributed by atoms with Gasteiger partial charge in [0.2, 0.25) is 0 Å². The number of amides is 2. The maximum Gasteiger partial charge on any atom is 0.320 e. The highest BCUT2D eigenvalue weighted by Gasteiger charge is 2.38. The molecule has 12 heavy (non-hydrogen) atoms. The zero-order valence-corrected chi connectivity index (χ0v) is 7.94. The van der Waals surface area contributed by atoms with Crippen LogP contribution in [0.5, 0.6) is 0 Å². The van der Waals surface area contributed by atoms with Crippen LogP contribution in [0.3, 0.4) is 0 Å². The molecule has 0 fully saturated rings. The molecule has 0 aromatic carbocycles. The fraction of sp³-hybridized carbons (Fsp3) is 0.333. The Bertz CT molecular complexity index is 276. The molecule has 0 bridgehead atoms. The van der Waals surface area contributed by atoms with Crippen molar-refractivity contribution < 1.29 is 9.59 Å². The zero-order valence-electron chi connectivity index (χ0n) is 6.35. The Kier molecular flexibility index (Phi) is 2.20. The molecule has 0 radical (unpaired) electrons. The Labute approximate surface area is 77.5 Å². The number of ketones is 1. The van der Waals surface area contributed by atoms with Crippen molar-refractivity contribution in [1.29, 1.82) is 0 Å². The van der Waals surface area contributed by atoms with Gasteiger partial charge in [0.15, 0.2) is 11.4 Å². The molecule has 1 aliphatic rings. The molecule has 1 unspecified atom stereocenters. The van der Waals surface area contributed by atoms with Crippen LogP contribution in [0.2, 0.25) is 0 Å². The van der Waals surface area contributed by atoms with Gasteiger partial charge >= 0.3 is 6.03 Å². The third-order valence-electron chi connectivity index (χ3n) is 1.57. The fourth-order valence-electron chi connectivity index (χ4n) is 0.774. The zero-order chi connectivity index (χ0) is 9.35. The van der Waals surface area contributed by atoms with Crippen LogP contribution in [0, 0.1) is 0 Å². The van der Waals surface area contributed by atoms with E-state index in [1.54, 1.807) is 0 Å². The van der Waals surface area contributed by atoms with Gasteiger partial charge in [-0.25, -0.2) is 4.79 Å². The Morgan fingerprint density at radius 1 is 1.75 bits per heavy atom. The van der Waals surface area contributed by atoms with E-state index in [9.17, 15) is 9.59 Å². The number of Topliss-reactive ketones (excluding diaryl/α,β-unsaturated/α-hetero) is 1. The summed E-state index contributed by atoms with van der Waals surface area (Å²) in [6.07, 6.45) is 1.35. The van der Waals surface area contributed by atoms with Crippen LogP contribution < -0.4 is 16.4 Å². The normalized spacial score (nSPS) is 28.6. The highest BCUT2D eigenvalue weighted by molar-refractivity contribution is 9.11. The van der Waals surface area contributed by atoms with E-state index in [0.717, 1.165) is 0 Å². The maximum absolute atomic E-state index is 11.0. The second-order valence-electron chi connectivity index (χ2n) is 2.45. The molecule has 1 atom stereocenters. The Hall–Kier alpha value is -0.880. The largest absolute Gasteiger partial charge is 0.320 e. The molecule has 5 nitrogen and oxygen atoms in total. The summed E-state index contributed by atoms with van der Waals surface area (Å²) in [5, 5.41) is 4.66. The van der Waals surface area contributed by atoms with Crippen molar-refractivity contribution in [3.05, 3.63) is 10.7 Å². The minimum atomic E-state index is -1.41. The van der Waals surface area contributed by atoms with Crippen LogP contribution in [0.1, 0.15) is 6.92 Å². The lowest BCUT2D eigenvalue weighted by atomic mass is 10.1. The first-order valence-electron chi connectivity index (χ1n) is 3.21. The molecule has 1 rings (SSSR count). The molecule has 66 valence electrons. The lowest BCUT2D eigenvalue weighted by molar-refractivity contribution is -0.121. The van der Waals surface area contributed by atoms with Gasteiger partial charge in [0.05, 0.1) is 4.48 Å². The predicted molar refractivity (Wildman–Crippen MR) is 46.3 cm³/mol. The van der Waals surface area contributed by atoms with Crippen molar-refractivity contribution in [2.45, 2.75) is 12.6 Å². The van der Waals surface area contributed by atoms with E-state index in [2.05, 4.69) is 26.6 Å². The number of hydrogen-bond acceptors (Lipinski definition) is 3. The van der Waals surface area contributed by atoms with E-state index >= 15 is 0 Å². The first-order chi connectivity index (χ1) is 5.47. The lowest BCUT2D eigenvalue weighted by Crippen LogP contribution is -2.65. The van der Waals surface area contributed by atoms with Crippen molar-refractivity contribution in [3.8, 4) is 0 Å². The van der Waals surface area contributed by atoms with Gasteiger partial charge in [-0.15, -0.1) is 0 Å². The van der Waals surface area contributed by atoms with Crippen LogP contribution in [0.15, 0.2) is 10.7 Å². The number of carbonyl (C=O) groups is 2. The number of carbonyl (C=O) groups excluding carboxylic acids is 2. The number of urea groups is 1. The molecule has 0 saturated heterocycles. The van der Waals surface area contributed by atoms with Gasteiger partial charge in [-0.1, -0.05) is 0 Å². The minimum Gasteiger partial charge on any atom is -0.314 e. The van der Waals surface area contributed by atoms with Gasteiger partial charge in [0.25, 0.3) is 0 Å². The third-order valence-corrected chi connectivity index (χ3v) is 2.43. The number of rotatable bonds is 1. The molecule has 0 spiro atoms. The van der Waals surface area contributed by atoms with Crippen molar-refractivity contribution in [2.75, 3.05) is 0 Å². The monoisotopic (exact) mass is 233 g/mol. The molecular formula is C6H8BrN3O2. The second-order valence-corrected chi connectivity index (χ2v) is 3.31. The number of hydrogen-bond donors (Lipinski definition) is 3. The molecule has 6 heteroatoms. The summed E-state index contributed by atoms with van der Waals surface area (Å²) in [6.45, 7) is 1.31. The molecule has 0 aromatic rings. The van der Waals surface area contributed by atoms with Crippen LogP contribution in [0.4, 0.5) is 4.79 Å². The first kappa shape index (κ1) is 9.21. The van der Waals surface area contributed by atoms with Crippen LogP contribution in [-0.4, -0.2) is 17.5 Å². The second kappa shape index (κ2) is 2.87. The lowest BCUT2D eigenvalue weighted by Gasteiger charge is -2.30. The van der Waals surface area contributed by atoms with Gasteiger partial charge < -0.3 is 10.6 Å². The highest BCUT2D eigenvalue weighted by Crippen LogP contribution is 2.20. The average Bonchev–Trinajstić information content (AvgIpc) is 1.97. The molecule has 0 saturated carbocycles. The predicted octanol–water partition coefficient (Wildman–Crippen LogP) is -0.221. The van der Waals surface area contributed by atoms with E-state index in [0.29, 0.717) is 4.48 Å². The minimum absolute atomic E-state index is 0.333. The summed E-state index contributed by atoms with van der Waals surface area (Å²) >= 11 is 3.08. The molecule has 1 aliphatic heterocycles. The van der Waals surface area contributed by atoms with E-state index < -0.39 is 11.7 Å². The van der Waals surface area contributed by atoms with Gasteiger partial charge in [-0.2, -0.15) is 0 Å². The van der Waals surface area contributed by atoms with Gasteiger partial charge in [-0.3, -0.25) is 10.5 Å². The number of nitrogens with one attached hydrogen (secondary N) is 2. The van der Waals surface area contributed by atoms with E-state index in [4.69, 9.17) is 5.73 Å². The fourth-order valence-corrected chi connectivity index (χ4v) is 1.27. The van der Waals surface area contributed by atoms with Crippen LogP contribution in [-0.2, 0) is 4.79 Å². The summed E-state index contributed by atoms with van der Waals surface area (Å²) in [5.41, 5.74) is 4.18. The summed E-state index contributed by atoms with van der Waals surface area (Å²) in [5.74, 6) is -0.333. The van der Waals surface area contributed by atoms with Crippen LogP contribution in [0.25, 0.3) is 0 Å². The molecule has 0 aliphatic carbocycles. The highest BCUT2D eigenvalue weighted by atomic mass is 79.9. The van der Waals surface area contributed by atoms with Crippen molar-refractivity contribution in [3.63, 3.8) is 0 Å².